The van der Waals surface area contributed by atoms with Gasteiger partial charge in [-0.05, 0) is 49.4 Å². The summed E-state index contributed by atoms with van der Waals surface area (Å²) in [7, 11) is 1.59. The third kappa shape index (κ3) is 3.43. The predicted octanol–water partition coefficient (Wildman–Crippen LogP) is 4.33. The topological polar surface area (TPSA) is 63.2 Å². The molecule has 2 amide bonds. The lowest BCUT2D eigenvalue weighted by Gasteiger charge is -2.10. The minimum absolute atomic E-state index is 0.356. The van der Waals surface area contributed by atoms with E-state index < -0.39 is 6.03 Å². The average molecular weight is 325 g/mol. The lowest BCUT2D eigenvalue weighted by atomic mass is 10.1. The molecule has 0 spiro atoms. The number of pyridine rings is 1. The number of hydrogen-bond donors (Lipinski definition) is 2. The van der Waals surface area contributed by atoms with E-state index in [1.54, 1.807) is 19.2 Å². The van der Waals surface area contributed by atoms with Crippen molar-refractivity contribution in [2.24, 2.45) is 0 Å². The van der Waals surface area contributed by atoms with Crippen LogP contribution < -0.4 is 15.4 Å². The molecule has 1 aromatic heterocycles. The van der Waals surface area contributed by atoms with E-state index in [1.165, 1.54) is 24.3 Å². The van der Waals surface area contributed by atoms with E-state index in [9.17, 15) is 9.18 Å². The van der Waals surface area contributed by atoms with Crippen molar-refractivity contribution in [2.75, 3.05) is 17.7 Å². The normalized spacial score (nSPS) is 10.5. The third-order valence-electron chi connectivity index (χ3n) is 3.48. The quantitative estimate of drug-likeness (QED) is 0.753. The van der Waals surface area contributed by atoms with E-state index in [0.717, 1.165) is 16.6 Å². The molecule has 2 N–H and O–H groups in total. The van der Waals surface area contributed by atoms with Crippen LogP contribution in [-0.2, 0) is 0 Å². The summed E-state index contributed by atoms with van der Waals surface area (Å²) in [5.41, 5.74) is 2.75. The number of aryl methyl sites for hydroxylation is 1. The lowest BCUT2D eigenvalue weighted by Crippen LogP contribution is -2.19. The van der Waals surface area contributed by atoms with E-state index in [0.29, 0.717) is 17.1 Å². The Bertz CT molecular complexity index is 895. The SMILES string of the molecule is COc1cc(C)nc2ccc(NC(=O)Nc3ccc(F)cc3)cc12. The minimum atomic E-state index is -0.417. The monoisotopic (exact) mass is 325 g/mol. The Morgan fingerprint density at radius 2 is 1.71 bits per heavy atom. The number of aromatic nitrogens is 1. The molecule has 0 radical (unpaired) electrons. The fourth-order valence-corrected chi connectivity index (χ4v) is 2.39. The number of methoxy groups -OCH3 is 1. The molecule has 1 heterocycles. The second-order valence-electron chi connectivity index (χ2n) is 5.28. The summed E-state index contributed by atoms with van der Waals surface area (Å²) in [6.45, 7) is 1.89. The van der Waals surface area contributed by atoms with Crippen LogP contribution in [0.1, 0.15) is 5.69 Å². The van der Waals surface area contributed by atoms with E-state index in [1.807, 2.05) is 19.1 Å². The summed E-state index contributed by atoms with van der Waals surface area (Å²) >= 11 is 0. The van der Waals surface area contributed by atoms with Crippen molar-refractivity contribution in [1.82, 2.24) is 4.98 Å². The van der Waals surface area contributed by atoms with Crippen molar-refractivity contribution in [3.63, 3.8) is 0 Å². The van der Waals surface area contributed by atoms with Crippen LogP contribution in [0.2, 0.25) is 0 Å². The molecule has 0 unspecified atom stereocenters. The Hall–Kier alpha value is -3.15. The van der Waals surface area contributed by atoms with Gasteiger partial charge in [0.2, 0.25) is 0 Å². The Labute approximate surface area is 138 Å². The molecule has 0 aliphatic carbocycles. The first-order valence-electron chi connectivity index (χ1n) is 7.34. The van der Waals surface area contributed by atoms with E-state index in [4.69, 9.17) is 4.74 Å². The Morgan fingerprint density at radius 3 is 2.42 bits per heavy atom. The number of fused-ring (bicyclic) bond motifs is 1. The number of hydrogen-bond acceptors (Lipinski definition) is 3. The molecule has 0 fully saturated rings. The van der Waals surface area contributed by atoms with Gasteiger partial charge < -0.3 is 15.4 Å². The summed E-state index contributed by atoms with van der Waals surface area (Å²) in [4.78, 5) is 16.5. The van der Waals surface area contributed by atoms with Crippen molar-refractivity contribution in [1.29, 1.82) is 0 Å². The van der Waals surface area contributed by atoms with Crippen molar-refractivity contribution in [2.45, 2.75) is 6.92 Å². The standard InChI is InChI=1S/C18H16FN3O2/c1-11-9-17(24-2)15-10-14(7-8-16(15)20-11)22-18(23)21-13-5-3-12(19)4-6-13/h3-10H,1-2H3,(H2,21,22,23). The molecule has 0 bridgehead atoms. The molecule has 6 heteroatoms. The number of nitrogens with one attached hydrogen (secondary N) is 2. The first-order chi connectivity index (χ1) is 11.5. The van der Waals surface area contributed by atoms with Gasteiger partial charge in [-0.25, -0.2) is 9.18 Å². The number of halogens is 1. The Balaban J connectivity index is 1.80. The van der Waals surface area contributed by atoms with Gasteiger partial charge in [-0.2, -0.15) is 0 Å². The Morgan fingerprint density at radius 1 is 1.04 bits per heavy atom. The number of amides is 2. The fourth-order valence-electron chi connectivity index (χ4n) is 2.39. The van der Waals surface area contributed by atoms with Gasteiger partial charge in [-0.3, -0.25) is 4.98 Å². The smallest absolute Gasteiger partial charge is 0.323 e. The van der Waals surface area contributed by atoms with Crippen LogP contribution in [0.5, 0.6) is 5.75 Å². The highest BCUT2D eigenvalue weighted by Gasteiger charge is 2.08. The molecular formula is C18H16FN3O2. The third-order valence-corrected chi connectivity index (χ3v) is 3.48. The zero-order valence-electron chi connectivity index (χ0n) is 13.3. The van der Waals surface area contributed by atoms with Crippen LogP contribution in [0.3, 0.4) is 0 Å². The molecular weight excluding hydrogens is 309 g/mol. The van der Waals surface area contributed by atoms with Gasteiger partial charge in [0.05, 0.1) is 12.6 Å². The van der Waals surface area contributed by atoms with Gasteiger partial charge in [0.15, 0.2) is 0 Å². The van der Waals surface area contributed by atoms with Crippen LogP contribution >= 0.6 is 0 Å². The largest absolute Gasteiger partial charge is 0.496 e. The average Bonchev–Trinajstić information content (AvgIpc) is 2.56. The highest BCUT2D eigenvalue weighted by atomic mass is 19.1. The first kappa shape index (κ1) is 15.7. The number of ether oxygens (including phenoxy) is 1. The molecule has 3 rings (SSSR count). The maximum Gasteiger partial charge on any atom is 0.323 e. The molecule has 0 saturated heterocycles. The van der Waals surface area contributed by atoms with Crippen molar-refractivity contribution < 1.29 is 13.9 Å². The van der Waals surface area contributed by atoms with Gasteiger partial charge in [0.25, 0.3) is 0 Å². The Kier molecular flexibility index (Phi) is 4.29. The molecule has 0 saturated carbocycles. The molecule has 2 aromatic carbocycles. The van der Waals surface area contributed by atoms with Crippen LogP contribution in [0.4, 0.5) is 20.6 Å². The molecule has 0 aliphatic heterocycles. The van der Waals surface area contributed by atoms with Gasteiger partial charge in [0.1, 0.15) is 11.6 Å². The second kappa shape index (κ2) is 6.54. The molecule has 5 nitrogen and oxygen atoms in total. The predicted molar refractivity (Wildman–Crippen MR) is 92.1 cm³/mol. The maximum absolute atomic E-state index is 12.9. The molecule has 24 heavy (non-hydrogen) atoms. The number of rotatable bonds is 3. The fraction of sp³-hybridized carbons (Fsp3) is 0.111. The zero-order chi connectivity index (χ0) is 17.1. The van der Waals surface area contributed by atoms with Crippen molar-refractivity contribution >= 4 is 28.3 Å². The summed E-state index contributed by atoms with van der Waals surface area (Å²) in [6.07, 6.45) is 0. The van der Waals surface area contributed by atoms with E-state index in [2.05, 4.69) is 15.6 Å². The van der Waals surface area contributed by atoms with Crippen molar-refractivity contribution in [3.8, 4) is 5.75 Å². The van der Waals surface area contributed by atoms with Gasteiger partial charge in [0, 0.05) is 28.5 Å². The van der Waals surface area contributed by atoms with Crippen LogP contribution in [-0.4, -0.2) is 18.1 Å². The number of benzene rings is 2. The first-order valence-corrected chi connectivity index (χ1v) is 7.34. The van der Waals surface area contributed by atoms with Gasteiger partial charge in [-0.15, -0.1) is 0 Å². The summed E-state index contributed by atoms with van der Waals surface area (Å²) in [5.74, 6) is 0.338. The summed E-state index contributed by atoms with van der Waals surface area (Å²) in [6, 6.07) is 12.3. The minimum Gasteiger partial charge on any atom is -0.496 e. The summed E-state index contributed by atoms with van der Waals surface area (Å²) in [5, 5.41) is 6.18. The van der Waals surface area contributed by atoms with E-state index in [-0.39, 0.29) is 5.82 Å². The number of carbonyl (C=O) groups excluding carboxylic acids is 1. The number of carbonyl (C=O) groups is 1. The van der Waals surface area contributed by atoms with Crippen LogP contribution in [0.15, 0.2) is 48.5 Å². The lowest BCUT2D eigenvalue weighted by molar-refractivity contribution is 0.262. The van der Waals surface area contributed by atoms with Crippen molar-refractivity contribution in [3.05, 3.63) is 60.0 Å². The van der Waals surface area contributed by atoms with Gasteiger partial charge in [-0.1, -0.05) is 0 Å². The molecule has 0 atom stereocenters. The maximum atomic E-state index is 12.9. The van der Waals surface area contributed by atoms with Crippen LogP contribution in [0, 0.1) is 12.7 Å². The molecule has 3 aromatic rings. The number of urea groups is 1. The highest BCUT2D eigenvalue weighted by Crippen LogP contribution is 2.27. The van der Waals surface area contributed by atoms with E-state index >= 15 is 0 Å². The second-order valence-corrected chi connectivity index (χ2v) is 5.28. The molecule has 122 valence electrons. The zero-order valence-corrected chi connectivity index (χ0v) is 13.3. The number of nitrogens with zero attached hydrogens (tertiary/aromatic N) is 1. The molecule has 0 aliphatic rings. The van der Waals surface area contributed by atoms with Gasteiger partial charge >= 0.3 is 6.03 Å². The highest BCUT2D eigenvalue weighted by molar-refractivity contribution is 6.01. The summed E-state index contributed by atoms with van der Waals surface area (Å²) < 4.78 is 18.2. The number of anilines is 2. The van der Waals surface area contributed by atoms with Crippen LogP contribution in [0.25, 0.3) is 10.9 Å².